The number of aliphatic hydroxyl groups is 1. The molecule has 0 saturated carbocycles. The second kappa shape index (κ2) is 6.92. The summed E-state index contributed by atoms with van der Waals surface area (Å²) in [5, 5.41) is 12.9. The molecular formula is C16H27NO2. The van der Waals surface area contributed by atoms with E-state index in [1.54, 1.807) is 0 Å². The minimum atomic E-state index is -0.482. The van der Waals surface area contributed by atoms with E-state index >= 15 is 0 Å². The van der Waals surface area contributed by atoms with E-state index in [2.05, 4.69) is 52.1 Å². The molecule has 1 aromatic rings. The van der Waals surface area contributed by atoms with Gasteiger partial charge in [-0.2, -0.15) is 0 Å². The monoisotopic (exact) mass is 265 g/mol. The van der Waals surface area contributed by atoms with Crippen molar-refractivity contribution >= 4 is 0 Å². The molecule has 3 nitrogen and oxygen atoms in total. The van der Waals surface area contributed by atoms with Crippen molar-refractivity contribution in [2.45, 2.75) is 52.2 Å². The van der Waals surface area contributed by atoms with Crippen LogP contribution in [0.3, 0.4) is 0 Å². The van der Waals surface area contributed by atoms with Gasteiger partial charge in [0, 0.05) is 12.6 Å². The Balaban J connectivity index is 2.42. The van der Waals surface area contributed by atoms with Crippen LogP contribution in [0.2, 0.25) is 0 Å². The van der Waals surface area contributed by atoms with Gasteiger partial charge in [0.25, 0.3) is 0 Å². The fourth-order valence-corrected chi connectivity index (χ4v) is 1.67. The van der Waals surface area contributed by atoms with Gasteiger partial charge in [0.15, 0.2) is 0 Å². The minimum absolute atomic E-state index is 0.152. The predicted molar refractivity (Wildman–Crippen MR) is 79.8 cm³/mol. The van der Waals surface area contributed by atoms with E-state index in [-0.39, 0.29) is 5.41 Å². The summed E-state index contributed by atoms with van der Waals surface area (Å²) >= 11 is 0. The summed E-state index contributed by atoms with van der Waals surface area (Å²) in [4.78, 5) is 0. The Morgan fingerprint density at radius 3 is 2.21 bits per heavy atom. The molecule has 0 aromatic heterocycles. The minimum Gasteiger partial charge on any atom is -0.491 e. The standard InChI is InChI=1S/C16H27NO2/c1-12(2)17-10-14(18)11-19-15-8-6-13(7-9-15)16(3,4)5/h6-9,12,14,17-18H,10-11H2,1-5H3. The lowest BCUT2D eigenvalue weighted by Crippen LogP contribution is -2.35. The molecule has 0 fully saturated rings. The van der Waals surface area contributed by atoms with E-state index in [0.29, 0.717) is 19.2 Å². The lowest BCUT2D eigenvalue weighted by Gasteiger charge is -2.19. The third-order valence-electron chi connectivity index (χ3n) is 2.92. The van der Waals surface area contributed by atoms with E-state index in [1.807, 2.05) is 12.1 Å². The number of rotatable bonds is 6. The van der Waals surface area contributed by atoms with Gasteiger partial charge < -0.3 is 15.2 Å². The van der Waals surface area contributed by atoms with Crippen LogP contribution in [0, 0.1) is 0 Å². The van der Waals surface area contributed by atoms with Gasteiger partial charge in [-0.05, 0) is 23.1 Å². The van der Waals surface area contributed by atoms with E-state index in [9.17, 15) is 5.11 Å². The highest BCUT2D eigenvalue weighted by molar-refractivity contribution is 5.31. The first-order valence-electron chi connectivity index (χ1n) is 6.94. The summed E-state index contributed by atoms with van der Waals surface area (Å²) in [6.07, 6.45) is -0.482. The van der Waals surface area contributed by atoms with Crippen LogP contribution in [-0.2, 0) is 5.41 Å². The molecule has 2 N–H and O–H groups in total. The zero-order chi connectivity index (χ0) is 14.5. The van der Waals surface area contributed by atoms with Gasteiger partial charge in [-0.15, -0.1) is 0 Å². The molecule has 1 atom stereocenters. The first-order chi connectivity index (χ1) is 8.79. The van der Waals surface area contributed by atoms with E-state index in [0.717, 1.165) is 5.75 Å². The number of aliphatic hydroxyl groups excluding tert-OH is 1. The van der Waals surface area contributed by atoms with Crippen LogP contribution in [0.1, 0.15) is 40.2 Å². The molecule has 0 radical (unpaired) electrons. The third-order valence-corrected chi connectivity index (χ3v) is 2.92. The number of benzene rings is 1. The molecule has 0 spiro atoms. The number of nitrogens with one attached hydrogen (secondary N) is 1. The first-order valence-corrected chi connectivity index (χ1v) is 6.94. The highest BCUT2D eigenvalue weighted by atomic mass is 16.5. The van der Waals surface area contributed by atoms with Crippen molar-refractivity contribution in [1.29, 1.82) is 0 Å². The van der Waals surface area contributed by atoms with Crippen LogP contribution in [-0.4, -0.2) is 30.4 Å². The zero-order valence-electron chi connectivity index (χ0n) is 12.7. The molecule has 0 aliphatic rings. The molecule has 0 saturated heterocycles. The van der Waals surface area contributed by atoms with Crippen LogP contribution < -0.4 is 10.1 Å². The SMILES string of the molecule is CC(C)NCC(O)COc1ccc(C(C)(C)C)cc1. The molecule has 3 heteroatoms. The number of hydrogen-bond donors (Lipinski definition) is 2. The van der Waals surface area contributed by atoms with Gasteiger partial charge in [-0.25, -0.2) is 0 Å². The van der Waals surface area contributed by atoms with Crippen molar-refractivity contribution in [1.82, 2.24) is 5.32 Å². The van der Waals surface area contributed by atoms with E-state index < -0.39 is 6.10 Å². The molecule has 0 bridgehead atoms. The fourth-order valence-electron chi connectivity index (χ4n) is 1.67. The normalized spacial score (nSPS) is 13.6. The molecule has 0 aliphatic carbocycles. The van der Waals surface area contributed by atoms with Crippen molar-refractivity contribution in [2.75, 3.05) is 13.2 Å². The molecule has 0 aliphatic heterocycles. The van der Waals surface area contributed by atoms with Crippen molar-refractivity contribution in [3.8, 4) is 5.75 Å². The van der Waals surface area contributed by atoms with Crippen LogP contribution >= 0.6 is 0 Å². The topological polar surface area (TPSA) is 41.5 Å². The van der Waals surface area contributed by atoms with Gasteiger partial charge in [0.05, 0.1) is 0 Å². The summed E-state index contributed by atoms with van der Waals surface area (Å²) in [5.41, 5.74) is 1.43. The maximum atomic E-state index is 9.76. The molecule has 0 heterocycles. The Morgan fingerprint density at radius 1 is 1.16 bits per heavy atom. The van der Waals surface area contributed by atoms with Crippen LogP contribution in [0.4, 0.5) is 0 Å². The summed E-state index contributed by atoms with van der Waals surface area (Å²) < 4.78 is 5.58. The Bertz CT molecular complexity index is 365. The fraction of sp³-hybridized carbons (Fsp3) is 0.625. The maximum Gasteiger partial charge on any atom is 0.119 e. The third kappa shape index (κ3) is 6.08. The smallest absolute Gasteiger partial charge is 0.119 e. The average molecular weight is 265 g/mol. The molecule has 19 heavy (non-hydrogen) atoms. The second-order valence-corrected chi connectivity index (χ2v) is 6.30. The van der Waals surface area contributed by atoms with E-state index in [1.165, 1.54) is 5.56 Å². The van der Waals surface area contributed by atoms with Gasteiger partial charge in [-0.3, -0.25) is 0 Å². The molecule has 1 unspecified atom stereocenters. The average Bonchev–Trinajstić information content (AvgIpc) is 2.33. The Hall–Kier alpha value is -1.06. The van der Waals surface area contributed by atoms with Crippen molar-refractivity contribution in [2.24, 2.45) is 0 Å². The largest absolute Gasteiger partial charge is 0.491 e. The van der Waals surface area contributed by atoms with Crippen molar-refractivity contribution < 1.29 is 9.84 Å². The second-order valence-electron chi connectivity index (χ2n) is 6.30. The van der Waals surface area contributed by atoms with Gasteiger partial charge in [0.2, 0.25) is 0 Å². The van der Waals surface area contributed by atoms with Crippen LogP contribution in [0.15, 0.2) is 24.3 Å². The number of ether oxygens (including phenoxy) is 1. The predicted octanol–water partition coefficient (Wildman–Crippen LogP) is 2.72. The Kier molecular flexibility index (Phi) is 5.83. The van der Waals surface area contributed by atoms with Gasteiger partial charge >= 0.3 is 0 Å². The highest BCUT2D eigenvalue weighted by Crippen LogP contribution is 2.24. The summed E-state index contributed by atoms with van der Waals surface area (Å²) in [5.74, 6) is 0.802. The highest BCUT2D eigenvalue weighted by Gasteiger charge is 2.13. The van der Waals surface area contributed by atoms with Crippen molar-refractivity contribution in [3.63, 3.8) is 0 Å². The Labute approximate surface area is 117 Å². The number of hydrogen-bond acceptors (Lipinski definition) is 3. The molecule has 1 aromatic carbocycles. The maximum absolute atomic E-state index is 9.76. The first kappa shape index (κ1) is 16.0. The molecule has 1 rings (SSSR count). The lowest BCUT2D eigenvalue weighted by atomic mass is 9.87. The zero-order valence-corrected chi connectivity index (χ0v) is 12.7. The summed E-state index contributed by atoms with van der Waals surface area (Å²) in [6, 6.07) is 8.45. The van der Waals surface area contributed by atoms with Crippen LogP contribution in [0.5, 0.6) is 5.75 Å². The molecular weight excluding hydrogens is 238 g/mol. The van der Waals surface area contributed by atoms with Gasteiger partial charge in [-0.1, -0.05) is 46.8 Å². The summed E-state index contributed by atoms with van der Waals surface area (Å²) in [7, 11) is 0. The van der Waals surface area contributed by atoms with Crippen molar-refractivity contribution in [3.05, 3.63) is 29.8 Å². The molecule has 108 valence electrons. The quantitative estimate of drug-likeness (QED) is 0.831. The van der Waals surface area contributed by atoms with E-state index in [4.69, 9.17) is 4.74 Å². The lowest BCUT2D eigenvalue weighted by molar-refractivity contribution is 0.104. The molecule has 0 amide bonds. The Morgan fingerprint density at radius 2 is 1.74 bits per heavy atom. The summed E-state index contributed by atoms with van der Waals surface area (Å²) in [6.45, 7) is 11.5. The van der Waals surface area contributed by atoms with Gasteiger partial charge in [0.1, 0.15) is 18.5 Å². The van der Waals surface area contributed by atoms with Crippen LogP contribution in [0.25, 0.3) is 0 Å².